The van der Waals surface area contributed by atoms with Gasteiger partial charge in [0.1, 0.15) is 0 Å². The minimum atomic E-state index is 1.09. The number of thiophene rings is 1. The molecule has 0 aliphatic heterocycles. The van der Waals surface area contributed by atoms with Gasteiger partial charge < -0.3 is 9.47 Å². The summed E-state index contributed by atoms with van der Waals surface area (Å²) in [5.74, 6) is 0. The fourth-order valence-corrected chi connectivity index (χ4v) is 9.45. The molecule has 0 atom stereocenters. The van der Waals surface area contributed by atoms with Gasteiger partial charge in [0.2, 0.25) is 0 Å². The van der Waals surface area contributed by atoms with E-state index < -0.39 is 0 Å². The Labute approximate surface area is 323 Å². The standard InChI is InChI=1S/C52H34N2S/c1-2-13-36(14-3-1)43-30-24-39(38-23-22-35-12-4-5-15-37(35)32-38)33-50(43)53(42-29-31-52-47(34-42)46-18-8-11-21-51(46)55-52)40-25-27-41(28-26-40)54-48-19-9-6-16-44(48)45-17-7-10-20-49(45)54/h1-34H. The van der Waals surface area contributed by atoms with Crippen LogP contribution in [-0.4, -0.2) is 4.57 Å². The summed E-state index contributed by atoms with van der Waals surface area (Å²) in [5, 5.41) is 7.57. The molecular formula is C52H34N2S. The molecular weight excluding hydrogens is 685 g/mol. The Bertz CT molecular complexity index is 3150. The summed E-state index contributed by atoms with van der Waals surface area (Å²) in [5.41, 5.74) is 11.6. The first-order chi connectivity index (χ1) is 27.3. The third kappa shape index (κ3) is 5.32. The lowest BCUT2D eigenvalue weighted by Crippen LogP contribution is -2.11. The predicted molar refractivity (Wildman–Crippen MR) is 237 cm³/mol. The topological polar surface area (TPSA) is 8.17 Å². The van der Waals surface area contributed by atoms with E-state index in [2.05, 4.69) is 216 Å². The molecule has 0 fully saturated rings. The average Bonchev–Trinajstić information content (AvgIpc) is 3.80. The number of rotatable bonds is 6. The Morgan fingerprint density at radius 3 is 1.75 bits per heavy atom. The van der Waals surface area contributed by atoms with Gasteiger partial charge in [0.15, 0.2) is 0 Å². The number of nitrogens with zero attached hydrogens (tertiary/aromatic N) is 2. The van der Waals surface area contributed by atoms with Crippen LogP contribution in [0.4, 0.5) is 17.1 Å². The molecule has 2 heterocycles. The van der Waals surface area contributed by atoms with Gasteiger partial charge >= 0.3 is 0 Å². The highest BCUT2D eigenvalue weighted by molar-refractivity contribution is 7.25. The zero-order valence-corrected chi connectivity index (χ0v) is 30.7. The molecule has 2 aromatic heterocycles. The minimum Gasteiger partial charge on any atom is -0.310 e. The number of anilines is 3. The summed E-state index contributed by atoms with van der Waals surface area (Å²) < 4.78 is 4.98. The van der Waals surface area contributed by atoms with Gasteiger partial charge in [0.25, 0.3) is 0 Å². The quantitative estimate of drug-likeness (QED) is 0.166. The van der Waals surface area contributed by atoms with E-state index in [1.807, 2.05) is 11.3 Å². The predicted octanol–water partition coefficient (Wildman–Crippen LogP) is 15.1. The lowest BCUT2D eigenvalue weighted by atomic mass is 9.95. The summed E-state index contributed by atoms with van der Waals surface area (Å²) in [6.07, 6.45) is 0. The molecule has 0 amide bonds. The summed E-state index contributed by atoms with van der Waals surface area (Å²) in [7, 11) is 0. The molecule has 9 aromatic carbocycles. The van der Waals surface area contributed by atoms with Crippen molar-refractivity contribution in [1.29, 1.82) is 0 Å². The number of fused-ring (bicyclic) bond motifs is 7. The van der Waals surface area contributed by atoms with Crippen molar-refractivity contribution in [1.82, 2.24) is 4.57 Å². The first kappa shape index (κ1) is 31.6. The Morgan fingerprint density at radius 2 is 0.964 bits per heavy atom. The third-order valence-electron chi connectivity index (χ3n) is 11.0. The Balaban J connectivity index is 1.15. The van der Waals surface area contributed by atoms with E-state index in [1.165, 1.54) is 75.0 Å². The van der Waals surface area contributed by atoms with E-state index in [9.17, 15) is 0 Å². The highest BCUT2D eigenvalue weighted by Crippen LogP contribution is 2.46. The average molecular weight is 719 g/mol. The van der Waals surface area contributed by atoms with Crippen LogP contribution in [0.15, 0.2) is 206 Å². The molecule has 11 aromatic rings. The fraction of sp³-hybridized carbons (Fsp3) is 0. The van der Waals surface area contributed by atoms with Gasteiger partial charge in [-0.25, -0.2) is 0 Å². The molecule has 0 bridgehead atoms. The highest BCUT2D eigenvalue weighted by atomic mass is 32.1. The van der Waals surface area contributed by atoms with Gasteiger partial charge in [0, 0.05) is 53.6 Å². The van der Waals surface area contributed by atoms with E-state index in [1.54, 1.807) is 0 Å². The molecule has 0 radical (unpaired) electrons. The van der Waals surface area contributed by atoms with E-state index in [0.717, 1.165) is 22.7 Å². The normalized spacial score (nSPS) is 11.6. The van der Waals surface area contributed by atoms with Gasteiger partial charge in [-0.3, -0.25) is 0 Å². The van der Waals surface area contributed by atoms with Crippen molar-refractivity contribution in [3.63, 3.8) is 0 Å². The van der Waals surface area contributed by atoms with Crippen molar-refractivity contribution in [2.45, 2.75) is 0 Å². The Morgan fingerprint density at radius 1 is 0.364 bits per heavy atom. The van der Waals surface area contributed by atoms with Crippen LogP contribution in [0.1, 0.15) is 0 Å². The first-order valence-corrected chi connectivity index (χ1v) is 19.6. The third-order valence-corrected chi connectivity index (χ3v) is 12.1. The maximum Gasteiger partial charge on any atom is 0.0546 e. The molecule has 2 nitrogen and oxygen atoms in total. The molecule has 11 rings (SSSR count). The molecule has 0 unspecified atom stereocenters. The zero-order chi connectivity index (χ0) is 36.3. The SMILES string of the molecule is c1ccc(-c2ccc(-c3ccc4ccccc4c3)cc2N(c2ccc(-n3c4ccccc4c4ccccc43)cc2)c2ccc3sc4ccccc4c3c2)cc1. The molecule has 0 spiro atoms. The lowest BCUT2D eigenvalue weighted by Gasteiger charge is -2.29. The van der Waals surface area contributed by atoms with E-state index >= 15 is 0 Å². The summed E-state index contributed by atoms with van der Waals surface area (Å²) >= 11 is 1.86. The number of aromatic nitrogens is 1. The van der Waals surface area contributed by atoms with Crippen LogP contribution >= 0.6 is 11.3 Å². The molecule has 0 N–H and O–H groups in total. The maximum atomic E-state index is 2.45. The number of para-hydroxylation sites is 2. The molecule has 0 aliphatic rings. The molecule has 258 valence electrons. The number of benzene rings is 9. The van der Waals surface area contributed by atoms with E-state index in [-0.39, 0.29) is 0 Å². The van der Waals surface area contributed by atoms with E-state index in [4.69, 9.17) is 0 Å². The molecule has 0 aliphatic carbocycles. The van der Waals surface area contributed by atoms with Crippen LogP contribution < -0.4 is 4.90 Å². The van der Waals surface area contributed by atoms with Crippen molar-refractivity contribution in [3.8, 4) is 27.9 Å². The second-order valence-corrected chi connectivity index (χ2v) is 15.2. The van der Waals surface area contributed by atoms with Crippen molar-refractivity contribution in [3.05, 3.63) is 206 Å². The lowest BCUT2D eigenvalue weighted by molar-refractivity contribution is 1.17. The van der Waals surface area contributed by atoms with Crippen molar-refractivity contribution >= 4 is 81.1 Å². The smallest absolute Gasteiger partial charge is 0.0546 e. The van der Waals surface area contributed by atoms with Crippen molar-refractivity contribution in [2.24, 2.45) is 0 Å². The van der Waals surface area contributed by atoms with Gasteiger partial charge in [-0.1, -0.05) is 133 Å². The molecule has 55 heavy (non-hydrogen) atoms. The summed E-state index contributed by atoms with van der Waals surface area (Å²) in [6, 6.07) is 75.4. The van der Waals surface area contributed by atoms with Gasteiger partial charge in [0.05, 0.1) is 16.7 Å². The molecule has 3 heteroatoms. The first-order valence-electron chi connectivity index (χ1n) is 18.8. The molecule has 0 saturated heterocycles. The van der Waals surface area contributed by atoms with Gasteiger partial charge in [-0.2, -0.15) is 0 Å². The van der Waals surface area contributed by atoms with Crippen LogP contribution in [0.5, 0.6) is 0 Å². The highest BCUT2D eigenvalue weighted by Gasteiger charge is 2.21. The van der Waals surface area contributed by atoms with Crippen LogP contribution in [0.2, 0.25) is 0 Å². The second kappa shape index (κ2) is 12.9. The monoisotopic (exact) mass is 718 g/mol. The summed E-state index contributed by atoms with van der Waals surface area (Å²) in [6.45, 7) is 0. The Hall–Kier alpha value is -6.94. The van der Waals surface area contributed by atoms with Crippen LogP contribution in [0, 0.1) is 0 Å². The largest absolute Gasteiger partial charge is 0.310 e. The van der Waals surface area contributed by atoms with Crippen molar-refractivity contribution in [2.75, 3.05) is 4.90 Å². The van der Waals surface area contributed by atoms with Crippen LogP contribution in [-0.2, 0) is 0 Å². The zero-order valence-electron chi connectivity index (χ0n) is 29.9. The van der Waals surface area contributed by atoms with Crippen LogP contribution in [0.3, 0.4) is 0 Å². The van der Waals surface area contributed by atoms with E-state index in [0.29, 0.717) is 0 Å². The van der Waals surface area contributed by atoms with Crippen molar-refractivity contribution < 1.29 is 0 Å². The Kier molecular flexibility index (Phi) is 7.39. The number of hydrogen-bond acceptors (Lipinski definition) is 2. The minimum absolute atomic E-state index is 1.09. The number of hydrogen-bond donors (Lipinski definition) is 0. The van der Waals surface area contributed by atoms with Gasteiger partial charge in [-0.15, -0.1) is 11.3 Å². The maximum absolute atomic E-state index is 2.45. The summed E-state index contributed by atoms with van der Waals surface area (Å²) in [4.78, 5) is 2.45. The molecule has 0 saturated carbocycles. The second-order valence-electron chi connectivity index (χ2n) is 14.2. The fourth-order valence-electron chi connectivity index (χ4n) is 8.36. The van der Waals surface area contributed by atoms with Crippen LogP contribution in [0.25, 0.3) is 80.7 Å². The van der Waals surface area contributed by atoms with Gasteiger partial charge in [-0.05, 0) is 100 Å².